The van der Waals surface area contributed by atoms with Gasteiger partial charge in [-0.1, -0.05) is 49.4 Å². The molecule has 2 aromatic carbocycles. The Hall–Kier alpha value is -1.67. The van der Waals surface area contributed by atoms with Gasteiger partial charge < -0.3 is 5.11 Å². The molecule has 0 bridgehead atoms. The first kappa shape index (κ1) is 11.8. The van der Waals surface area contributed by atoms with Crippen molar-refractivity contribution in [3.8, 4) is 11.1 Å². The van der Waals surface area contributed by atoms with Gasteiger partial charge in [0.2, 0.25) is 0 Å². The summed E-state index contributed by atoms with van der Waals surface area (Å²) in [5.41, 5.74) is 2.29. The quantitative estimate of drug-likeness (QED) is 0.854. The van der Waals surface area contributed by atoms with Crippen molar-refractivity contribution in [1.29, 1.82) is 0 Å². The summed E-state index contributed by atoms with van der Waals surface area (Å²) in [5.74, 6) is -0.275. The van der Waals surface area contributed by atoms with Crippen molar-refractivity contribution < 1.29 is 9.50 Å². The topological polar surface area (TPSA) is 20.2 Å². The molecule has 0 saturated heterocycles. The SMILES string of the molecule is CC(CO)c1ccc(-c2ccccc2)c(F)c1. The number of rotatable bonds is 3. The van der Waals surface area contributed by atoms with Gasteiger partial charge in [0.1, 0.15) is 5.82 Å². The van der Waals surface area contributed by atoms with E-state index in [9.17, 15) is 4.39 Å². The van der Waals surface area contributed by atoms with E-state index in [1.807, 2.05) is 43.3 Å². The number of hydrogen-bond donors (Lipinski definition) is 1. The largest absolute Gasteiger partial charge is 0.396 e. The number of benzene rings is 2. The van der Waals surface area contributed by atoms with Gasteiger partial charge in [-0.05, 0) is 17.2 Å². The molecule has 0 amide bonds. The van der Waals surface area contributed by atoms with Crippen molar-refractivity contribution in [2.45, 2.75) is 12.8 Å². The highest BCUT2D eigenvalue weighted by Gasteiger charge is 2.09. The lowest BCUT2D eigenvalue weighted by Crippen LogP contribution is -1.99. The van der Waals surface area contributed by atoms with Crippen LogP contribution in [0.2, 0.25) is 0 Å². The van der Waals surface area contributed by atoms with Crippen LogP contribution in [0.15, 0.2) is 48.5 Å². The molecule has 2 heteroatoms. The predicted molar refractivity (Wildman–Crippen MR) is 67.3 cm³/mol. The van der Waals surface area contributed by atoms with E-state index in [1.54, 1.807) is 6.07 Å². The summed E-state index contributed by atoms with van der Waals surface area (Å²) in [5, 5.41) is 9.04. The van der Waals surface area contributed by atoms with Crippen LogP contribution in [0.5, 0.6) is 0 Å². The molecule has 1 atom stereocenters. The summed E-state index contributed by atoms with van der Waals surface area (Å²) in [6.07, 6.45) is 0. The van der Waals surface area contributed by atoms with Gasteiger partial charge in [-0.15, -0.1) is 0 Å². The molecule has 0 spiro atoms. The zero-order chi connectivity index (χ0) is 12.3. The minimum atomic E-state index is -0.242. The molecular formula is C15H15FO. The van der Waals surface area contributed by atoms with Crippen LogP contribution < -0.4 is 0 Å². The standard InChI is InChI=1S/C15H15FO/c1-11(10-17)13-7-8-14(15(16)9-13)12-5-3-2-4-6-12/h2-9,11,17H,10H2,1H3. The van der Waals surface area contributed by atoms with Gasteiger partial charge in [-0.25, -0.2) is 4.39 Å². The van der Waals surface area contributed by atoms with E-state index in [1.165, 1.54) is 6.07 Å². The van der Waals surface area contributed by atoms with Crippen LogP contribution in [0.4, 0.5) is 4.39 Å². The molecule has 0 heterocycles. The van der Waals surface area contributed by atoms with Crippen LogP contribution in [0, 0.1) is 5.82 Å². The van der Waals surface area contributed by atoms with E-state index in [0.29, 0.717) is 5.56 Å². The first-order valence-electron chi connectivity index (χ1n) is 5.68. The minimum absolute atomic E-state index is 0.0319. The lowest BCUT2D eigenvalue weighted by molar-refractivity contribution is 0.273. The third-order valence-electron chi connectivity index (χ3n) is 2.92. The summed E-state index contributed by atoms with van der Waals surface area (Å²) >= 11 is 0. The summed E-state index contributed by atoms with van der Waals surface area (Å²) in [7, 11) is 0. The van der Waals surface area contributed by atoms with E-state index in [0.717, 1.165) is 11.1 Å². The van der Waals surface area contributed by atoms with Crippen molar-refractivity contribution in [1.82, 2.24) is 0 Å². The van der Waals surface area contributed by atoms with Gasteiger partial charge in [0, 0.05) is 18.1 Å². The molecule has 17 heavy (non-hydrogen) atoms. The molecule has 2 rings (SSSR count). The maximum Gasteiger partial charge on any atom is 0.131 e. The lowest BCUT2D eigenvalue weighted by atomic mass is 9.97. The molecule has 0 fully saturated rings. The molecule has 2 aromatic rings. The second-order valence-corrected chi connectivity index (χ2v) is 4.19. The Balaban J connectivity index is 2.39. The Morgan fingerprint density at radius 1 is 1.12 bits per heavy atom. The molecular weight excluding hydrogens is 215 g/mol. The Morgan fingerprint density at radius 3 is 2.41 bits per heavy atom. The van der Waals surface area contributed by atoms with Crippen LogP contribution in [0.1, 0.15) is 18.4 Å². The number of aliphatic hydroxyl groups is 1. The smallest absolute Gasteiger partial charge is 0.131 e. The first-order chi connectivity index (χ1) is 8.22. The summed E-state index contributed by atoms with van der Waals surface area (Å²) < 4.78 is 14.0. The number of halogens is 1. The zero-order valence-electron chi connectivity index (χ0n) is 9.73. The fourth-order valence-electron chi connectivity index (χ4n) is 1.80. The fourth-order valence-corrected chi connectivity index (χ4v) is 1.80. The highest BCUT2D eigenvalue weighted by Crippen LogP contribution is 2.25. The second-order valence-electron chi connectivity index (χ2n) is 4.19. The molecule has 0 aliphatic carbocycles. The van der Waals surface area contributed by atoms with Gasteiger partial charge in [-0.3, -0.25) is 0 Å². The van der Waals surface area contributed by atoms with Crippen LogP contribution >= 0.6 is 0 Å². The number of aliphatic hydroxyl groups excluding tert-OH is 1. The average Bonchev–Trinajstić information content (AvgIpc) is 2.38. The molecule has 0 aliphatic heterocycles. The molecule has 0 aliphatic rings. The zero-order valence-corrected chi connectivity index (χ0v) is 9.73. The van der Waals surface area contributed by atoms with Crippen molar-refractivity contribution in [3.63, 3.8) is 0 Å². The molecule has 1 unspecified atom stereocenters. The summed E-state index contributed by atoms with van der Waals surface area (Å²) in [6, 6.07) is 14.6. The second kappa shape index (κ2) is 5.11. The molecule has 88 valence electrons. The maximum absolute atomic E-state index is 14.0. The molecule has 0 aromatic heterocycles. The Bertz CT molecular complexity index is 494. The van der Waals surface area contributed by atoms with Crippen LogP contribution in [0.3, 0.4) is 0 Å². The Kier molecular flexibility index (Phi) is 3.55. The third-order valence-corrected chi connectivity index (χ3v) is 2.92. The monoisotopic (exact) mass is 230 g/mol. The van der Waals surface area contributed by atoms with E-state index >= 15 is 0 Å². The summed E-state index contributed by atoms with van der Waals surface area (Å²) in [6.45, 7) is 1.90. The average molecular weight is 230 g/mol. The van der Waals surface area contributed by atoms with Crippen molar-refractivity contribution in [3.05, 3.63) is 59.9 Å². The van der Waals surface area contributed by atoms with E-state index in [-0.39, 0.29) is 18.3 Å². The van der Waals surface area contributed by atoms with Gasteiger partial charge in [0.05, 0.1) is 0 Å². The first-order valence-corrected chi connectivity index (χ1v) is 5.68. The Labute approximate surface area is 101 Å². The molecule has 0 saturated carbocycles. The molecule has 1 nitrogen and oxygen atoms in total. The van der Waals surface area contributed by atoms with Crippen LogP contribution in [-0.4, -0.2) is 11.7 Å². The van der Waals surface area contributed by atoms with E-state index in [2.05, 4.69) is 0 Å². The molecule has 1 N–H and O–H groups in total. The lowest BCUT2D eigenvalue weighted by Gasteiger charge is -2.10. The third kappa shape index (κ3) is 2.53. The van der Waals surface area contributed by atoms with Gasteiger partial charge in [0.25, 0.3) is 0 Å². The maximum atomic E-state index is 14.0. The van der Waals surface area contributed by atoms with E-state index < -0.39 is 0 Å². The fraction of sp³-hybridized carbons (Fsp3) is 0.200. The Morgan fingerprint density at radius 2 is 1.82 bits per heavy atom. The normalized spacial score (nSPS) is 12.4. The summed E-state index contributed by atoms with van der Waals surface area (Å²) in [4.78, 5) is 0. The van der Waals surface area contributed by atoms with Crippen LogP contribution in [-0.2, 0) is 0 Å². The van der Waals surface area contributed by atoms with Crippen molar-refractivity contribution >= 4 is 0 Å². The van der Waals surface area contributed by atoms with Gasteiger partial charge in [0.15, 0.2) is 0 Å². The number of hydrogen-bond acceptors (Lipinski definition) is 1. The highest BCUT2D eigenvalue weighted by molar-refractivity contribution is 5.64. The minimum Gasteiger partial charge on any atom is -0.396 e. The predicted octanol–water partition coefficient (Wildman–Crippen LogP) is 3.59. The highest BCUT2D eigenvalue weighted by atomic mass is 19.1. The van der Waals surface area contributed by atoms with Gasteiger partial charge >= 0.3 is 0 Å². The van der Waals surface area contributed by atoms with E-state index in [4.69, 9.17) is 5.11 Å². The van der Waals surface area contributed by atoms with Crippen LogP contribution in [0.25, 0.3) is 11.1 Å². The molecule has 0 radical (unpaired) electrons. The van der Waals surface area contributed by atoms with Crippen molar-refractivity contribution in [2.24, 2.45) is 0 Å². The van der Waals surface area contributed by atoms with Crippen molar-refractivity contribution in [2.75, 3.05) is 6.61 Å². The van der Waals surface area contributed by atoms with Gasteiger partial charge in [-0.2, -0.15) is 0 Å².